The SMILES string of the molecule is CCN1CCN(c2ncc(C(=O)NC3CC3)c(C)n2)CC1. The largest absolute Gasteiger partial charge is 0.349 e. The van der Waals surface area contributed by atoms with Crippen molar-refractivity contribution in [2.45, 2.75) is 32.7 Å². The molecule has 114 valence electrons. The molecule has 0 spiro atoms. The second-order valence-electron chi connectivity index (χ2n) is 5.84. The maximum absolute atomic E-state index is 12.1. The number of carbonyl (C=O) groups is 1. The van der Waals surface area contributed by atoms with Crippen LogP contribution in [0.15, 0.2) is 6.20 Å². The number of amides is 1. The van der Waals surface area contributed by atoms with Crippen molar-refractivity contribution in [3.05, 3.63) is 17.5 Å². The van der Waals surface area contributed by atoms with Gasteiger partial charge in [-0.25, -0.2) is 9.97 Å². The maximum atomic E-state index is 12.1. The molecule has 1 aromatic heterocycles. The number of piperazine rings is 1. The van der Waals surface area contributed by atoms with Gasteiger partial charge in [-0.3, -0.25) is 4.79 Å². The summed E-state index contributed by atoms with van der Waals surface area (Å²) in [6.07, 6.45) is 3.85. The van der Waals surface area contributed by atoms with E-state index in [9.17, 15) is 4.79 Å². The molecule has 1 aromatic rings. The third-order valence-corrected chi connectivity index (χ3v) is 4.23. The minimum atomic E-state index is -0.0441. The molecule has 0 atom stereocenters. The Kier molecular flexibility index (Phi) is 4.05. The van der Waals surface area contributed by atoms with Crippen LogP contribution in [0.3, 0.4) is 0 Å². The summed E-state index contributed by atoms with van der Waals surface area (Å²) < 4.78 is 0. The molecule has 1 N–H and O–H groups in total. The number of nitrogens with zero attached hydrogens (tertiary/aromatic N) is 4. The van der Waals surface area contributed by atoms with Crippen LogP contribution in [0.1, 0.15) is 35.8 Å². The molecule has 3 rings (SSSR count). The van der Waals surface area contributed by atoms with Crippen molar-refractivity contribution in [3.63, 3.8) is 0 Å². The van der Waals surface area contributed by atoms with Gasteiger partial charge in [0.2, 0.25) is 5.95 Å². The fraction of sp³-hybridized carbons (Fsp3) is 0.667. The zero-order valence-corrected chi connectivity index (χ0v) is 12.8. The molecule has 0 radical (unpaired) electrons. The number of nitrogens with one attached hydrogen (secondary N) is 1. The highest BCUT2D eigenvalue weighted by atomic mass is 16.1. The monoisotopic (exact) mass is 289 g/mol. The second-order valence-corrected chi connectivity index (χ2v) is 5.84. The van der Waals surface area contributed by atoms with Crippen molar-refractivity contribution < 1.29 is 4.79 Å². The number of hydrogen-bond donors (Lipinski definition) is 1. The van der Waals surface area contributed by atoms with Gasteiger partial charge in [-0.15, -0.1) is 0 Å². The lowest BCUT2D eigenvalue weighted by molar-refractivity contribution is 0.0949. The summed E-state index contributed by atoms with van der Waals surface area (Å²) >= 11 is 0. The molecule has 2 heterocycles. The molecular weight excluding hydrogens is 266 g/mol. The van der Waals surface area contributed by atoms with Crippen molar-refractivity contribution in [3.8, 4) is 0 Å². The maximum Gasteiger partial charge on any atom is 0.254 e. The van der Waals surface area contributed by atoms with Crippen molar-refractivity contribution in [1.82, 2.24) is 20.2 Å². The first kappa shape index (κ1) is 14.3. The van der Waals surface area contributed by atoms with Crippen LogP contribution in [0.25, 0.3) is 0 Å². The summed E-state index contributed by atoms with van der Waals surface area (Å²) in [5, 5.41) is 2.98. The summed E-state index contributed by atoms with van der Waals surface area (Å²) in [6, 6.07) is 0.360. The summed E-state index contributed by atoms with van der Waals surface area (Å²) in [4.78, 5) is 25.6. The smallest absolute Gasteiger partial charge is 0.254 e. The van der Waals surface area contributed by atoms with Crippen molar-refractivity contribution >= 4 is 11.9 Å². The summed E-state index contributed by atoms with van der Waals surface area (Å²) in [6.45, 7) is 9.14. The highest BCUT2D eigenvalue weighted by molar-refractivity contribution is 5.95. The van der Waals surface area contributed by atoms with Crippen molar-refractivity contribution in [1.29, 1.82) is 0 Å². The molecule has 2 fully saturated rings. The lowest BCUT2D eigenvalue weighted by Gasteiger charge is -2.34. The van der Waals surface area contributed by atoms with E-state index >= 15 is 0 Å². The van der Waals surface area contributed by atoms with Crippen molar-refractivity contribution in [2.75, 3.05) is 37.6 Å². The van der Waals surface area contributed by atoms with Gasteiger partial charge in [0.05, 0.1) is 11.3 Å². The summed E-state index contributed by atoms with van der Waals surface area (Å²) in [7, 11) is 0. The highest BCUT2D eigenvalue weighted by Gasteiger charge is 2.25. The van der Waals surface area contributed by atoms with Gasteiger partial charge in [-0.1, -0.05) is 6.92 Å². The molecular formula is C15H23N5O. The Hall–Kier alpha value is -1.69. The third kappa shape index (κ3) is 3.32. The van der Waals surface area contributed by atoms with E-state index in [1.54, 1.807) is 6.20 Å². The zero-order chi connectivity index (χ0) is 14.8. The topological polar surface area (TPSA) is 61.4 Å². The highest BCUT2D eigenvalue weighted by Crippen LogP contribution is 2.20. The Labute approximate surface area is 125 Å². The van der Waals surface area contributed by atoms with E-state index in [1.165, 1.54) is 0 Å². The molecule has 1 saturated carbocycles. The van der Waals surface area contributed by atoms with Crippen LogP contribution in [-0.4, -0.2) is 59.5 Å². The van der Waals surface area contributed by atoms with E-state index in [2.05, 4.69) is 32.0 Å². The first-order valence-electron chi connectivity index (χ1n) is 7.79. The number of rotatable bonds is 4. The molecule has 0 aromatic carbocycles. The van der Waals surface area contributed by atoms with Crippen LogP contribution in [0, 0.1) is 6.92 Å². The van der Waals surface area contributed by atoms with Crippen LogP contribution < -0.4 is 10.2 Å². The first-order valence-corrected chi connectivity index (χ1v) is 7.79. The second kappa shape index (κ2) is 5.97. The molecule has 0 unspecified atom stereocenters. The van der Waals surface area contributed by atoms with Gasteiger partial charge >= 0.3 is 0 Å². The molecule has 1 aliphatic carbocycles. The molecule has 2 aliphatic rings. The number of anilines is 1. The Balaban J connectivity index is 1.67. The Morgan fingerprint density at radius 3 is 2.62 bits per heavy atom. The summed E-state index contributed by atoms with van der Waals surface area (Å²) in [5.41, 5.74) is 1.36. The fourth-order valence-corrected chi connectivity index (χ4v) is 2.59. The van der Waals surface area contributed by atoms with E-state index in [1.807, 2.05) is 6.92 Å². The Morgan fingerprint density at radius 1 is 1.33 bits per heavy atom. The molecule has 21 heavy (non-hydrogen) atoms. The molecule has 0 bridgehead atoms. The van der Waals surface area contributed by atoms with Crippen LogP contribution in [0.4, 0.5) is 5.95 Å². The lowest BCUT2D eigenvalue weighted by Crippen LogP contribution is -2.46. The van der Waals surface area contributed by atoms with Gasteiger partial charge in [0, 0.05) is 38.4 Å². The minimum absolute atomic E-state index is 0.0441. The van der Waals surface area contributed by atoms with Crippen LogP contribution in [-0.2, 0) is 0 Å². The van der Waals surface area contributed by atoms with E-state index in [0.29, 0.717) is 11.6 Å². The molecule has 6 heteroatoms. The number of aryl methyl sites for hydroxylation is 1. The van der Waals surface area contributed by atoms with Gasteiger partial charge in [0.15, 0.2) is 0 Å². The summed E-state index contributed by atoms with van der Waals surface area (Å²) in [5.74, 6) is 0.698. The van der Waals surface area contributed by atoms with E-state index in [-0.39, 0.29) is 5.91 Å². The molecule has 1 aliphatic heterocycles. The quantitative estimate of drug-likeness (QED) is 0.889. The molecule has 1 amide bonds. The van der Waals surface area contributed by atoms with Crippen LogP contribution in [0.2, 0.25) is 0 Å². The fourth-order valence-electron chi connectivity index (χ4n) is 2.59. The average molecular weight is 289 g/mol. The standard InChI is InChI=1S/C15H23N5O/c1-3-19-6-8-20(9-7-19)15-16-10-13(11(2)17-15)14(21)18-12-4-5-12/h10,12H,3-9H2,1-2H3,(H,18,21). The Bertz CT molecular complexity index is 521. The minimum Gasteiger partial charge on any atom is -0.349 e. The first-order chi connectivity index (χ1) is 10.2. The molecule has 1 saturated heterocycles. The van der Waals surface area contributed by atoms with Gasteiger partial charge in [-0.05, 0) is 26.3 Å². The predicted octanol–water partition coefficient (Wildman–Crippen LogP) is 0.819. The predicted molar refractivity (Wildman–Crippen MR) is 81.6 cm³/mol. The third-order valence-electron chi connectivity index (χ3n) is 4.23. The molecule has 6 nitrogen and oxygen atoms in total. The number of likely N-dealkylation sites (N-methyl/N-ethyl adjacent to an activating group) is 1. The average Bonchev–Trinajstić information content (AvgIpc) is 3.31. The normalized spacial score (nSPS) is 19.6. The van der Waals surface area contributed by atoms with E-state index in [0.717, 1.165) is 57.2 Å². The van der Waals surface area contributed by atoms with Gasteiger partial charge in [0.1, 0.15) is 0 Å². The van der Waals surface area contributed by atoms with Crippen LogP contribution in [0.5, 0.6) is 0 Å². The van der Waals surface area contributed by atoms with Crippen molar-refractivity contribution in [2.24, 2.45) is 0 Å². The zero-order valence-electron chi connectivity index (χ0n) is 12.8. The lowest BCUT2D eigenvalue weighted by atomic mass is 10.2. The number of aromatic nitrogens is 2. The van der Waals surface area contributed by atoms with E-state index < -0.39 is 0 Å². The van der Waals surface area contributed by atoms with E-state index in [4.69, 9.17) is 0 Å². The van der Waals surface area contributed by atoms with Gasteiger partial charge < -0.3 is 15.1 Å². The van der Waals surface area contributed by atoms with Gasteiger partial charge in [0.25, 0.3) is 5.91 Å². The van der Waals surface area contributed by atoms with Gasteiger partial charge in [-0.2, -0.15) is 0 Å². The van der Waals surface area contributed by atoms with Crippen LogP contribution >= 0.6 is 0 Å². The number of hydrogen-bond acceptors (Lipinski definition) is 5. The Morgan fingerprint density at radius 2 is 2.05 bits per heavy atom. The number of carbonyl (C=O) groups excluding carboxylic acids is 1.